The van der Waals surface area contributed by atoms with Crippen molar-refractivity contribution in [2.75, 3.05) is 0 Å². The first-order valence-corrected chi connectivity index (χ1v) is 7.62. The predicted molar refractivity (Wildman–Crippen MR) is 75.2 cm³/mol. The molecule has 2 aliphatic rings. The minimum atomic E-state index is 0.604. The Kier molecular flexibility index (Phi) is 3.87. The van der Waals surface area contributed by atoms with Crippen LogP contribution in [0.15, 0.2) is 0 Å². The second-order valence-electron chi connectivity index (χ2n) is 8.04. The molecule has 0 amide bonds. The van der Waals surface area contributed by atoms with Crippen LogP contribution in [-0.2, 0) is 0 Å². The minimum absolute atomic E-state index is 0.604. The van der Waals surface area contributed by atoms with Gasteiger partial charge in [0.2, 0.25) is 0 Å². The Morgan fingerprint density at radius 1 is 0.647 bits per heavy atom. The Hall–Kier alpha value is -0.0400. The van der Waals surface area contributed by atoms with Crippen LogP contribution in [-0.4, -0.2) is 12.1 Å². The highest BCUT2D eigenvalue weighted by Gasteiger charge is 2.31. The molecule has 0 aliphatic heterocycles. The number of nitrogens with one attached hydrogen (secondary N) is 1. The molecule has 0 aromatic rings. The quantitative estimate of drug-likeness (QED) is 0.745. The molecular formula is C16H31N. The zero-order chi connectivity index (χ0) is 12.5. The van der Waals surface area contributed by atoms with E-state index in [0.29, 0.717) is 10.8 Å². The van der Waals surface area contributed by atoms with E-state index in [0.717, 1.165) is 12.1 Å². The average Bonchev–Trinajstić information content (AvgIpc) is 2.24. The van der Waals surface area contributed by atoms with Gasteiger partial charge in [-0.25, -0.2) is 0 Å². The molecule has 0 saturated heterocycles. The number of rotatable bonds is 2. The zero-order valence-corrected chi connectivity index (χ0v) is 12.3. The summed E-state index contributed by atoms with van der Waals surface area (Å²) in [5, 5.41) is 3.93. The first-order valence-electron chi connectivity index (χ1n) is 7.62. The van der Waals surface area contributed by atoms with Crippen molar-refractivity contribution in [2.24, 2.45) is 10.8 Å². The maximum Gasteiger partial charge on any atom is 0.00700 e. The maximum atomic E-state index is 3.93. The third kappa shape index (κ3) is 3.98. The zero-order valence-electron chi connectivity index (χ0n) is 12.3. The Labute approximate surface area is 108 Å². The van der Waals surface area contributed by atoms with Gasteiger partial charge in [-0.2, -0.15) is 0 Å². The lowest BCUT2D eigenvalue weighted by Gasteiger charge is -2.40. The number of hydrogen-bond acceptors (Lipinski definition) is 1. The molecule has 1 heteroatoms. The molecule has 2 fully saturated rings. The normalized spacial score (nSPS) is 30.4. The lowest BCUT2D eigenvalue weighted by atomic mass is 9.73. The van der Waals surface area contributed by atoms with Crippen molar-refractivity contribution in [1.29, 1.82) is 0 Å². The smallest absolute Gasteiger partial charge is 0.00700 e. The molecule has 1 nitrogen and oxygen atoms in total. The summed E-state index contributed by atoms with van der Waals surface area (Å²) in [7, 11) is 0. The van der Waals surface area contributed by atoms with Crippen molar-refractivity contribution < 1.29 is 0 Å². The molecule has 100 valence electrons. The third-order valence-electron chi connectivity index (χ3n) is 5.15. The first kappa shape index (κ1) is 13.4. The summed E-state index contributed by atoms with van der Waals surface area (Å²) in [6.07, 6.45) is 11.2. The van der Waals surface area contributed by atoms with Gasteiger partial charge in [-0.05, 0) is 62.2 Å². The van der Waals surface area contributed by atoms with Crippen molar-refractivity contribution in [1.82, 2.24) is 5.32 Å². The van der Waals surface area contributed by atoms with E-state index in [-0.39, 0.29) is 0 Å². The van der Waals surface area contributed by atoms with Gasteiger partial charge in [0.1, 0.15) is 0 Å². The molecule has 0 aromatic carbocycles. The van der Waals surface area contributed by atoms with Crippen molar-refractivity contribution in [2.45, 2.75) is 91.1 Å². The summed E-state index contributed by atoms with van der Waals surface area (Å²) in [5.41, 5.74) is 1.21. The van der Waals surface area contributed by atoms with Crippen molar-refractivity contribution in [3.63, 3.8) is 0 Å². The van der Waals surface area contributed by atoms with Gasteiger partial charge in [0.25, 0.3) is 0 Å². The molecule has 1 N–H and O–H groups in total. The highest BCUT2D eigenvalue weighted by molar-refractivity contribution is 4.87. The summed E-state index contributed by atoms with van der Waals surface area (Å²) in [4.78, 5) is 0. The van der Waals surface area contributed by atoms with Gasteiger partial charge in [-0.3, -0.25) is 0 Å². The molecule has 0 aromatic heterocycles. The van der Waals surface area contributed by atoms with Crippen LogP contribution >= 0.6 is 0 Å². The molecule has 2 aliphatic carbocycles. The van der Waals surface area contributed by atoms with Crippen molar-refractivity contribution >= 4 is 0 Å². The van der Waals surface area contributed by atoms with Gasteiger partial charge in [0.15, 0.2) is 0 Å². The van der Waals surface area contributed by atoms with Gasteiger partial charge in [-0.15, -0.1) is 0 Å². The van der Waals surface area contributed by atoms with E-state index in [2.05, 4.69) is 33.0 Å². The second kappa shape index (κ2) is 4.91. The lowest BCUT2D eigenvalue weighted by Crippen LogP contribution is -2.44. The summed E-state index contributed by atoms with van der Waals surface area (Å²) in [6, 6.07) is 1.63. The average molecular weight is 237 g/mol. The highest BCUT2D eigenvalue weighted by atomic mass is 15.0. The highest BCUT2D eigenvalue weighted by Crippen LogP contribution is 2.38. The molecule has 0 unspecified atom stereocenters. The van der Waals surface area contributed by atoms with Crippen LogP contribution in [0, 0.1) is 10.8 Å². The van der Waals surface area contributed by atoms with E-state index in [9.17, 15) is 0 Å². The van der Waals surface area contributed by atoms with Gasteiger partial charge in [-0.1, -0.05) is 27.7 Å². The Morgan fingerprint density at radius 2 is 0.941 bits per heavy atom. The van der Waals surface area contributed by atoms with E-state index in [1.54, 1.807) is 0 Å². The summed E-state index contributed by atoms with van der Waals surface area (Å²) >= 11 is 0. The summed E-state index contributed by atoms with van der Waals surface area (Å²) in [5.74, 6) is 0. The SMILES string of the molecule is CC1(C)CCC(NC2CCC(C)(C)CC2)CC1. The monoisotopic (exact) mass is 237 g/mol. The van der Waals surface area contributed by atoms with Gasteiger partial charge in [0, 0.05) is 12.1 Å². The second-order valence-corrected chi connectivity index (χ2v) is 8.04. The standard InChI is InChI=1S/C16H31N/c1-15(2)9-5-13(6-10-15)17-14-7-11-16(3,4)12-8-14/h13-14,17H,5-12H2,1-4H3. The molecule has 2 rings (SSSR count). The van der Waals surface area contributed by atoms with Gasteiger partial charge >= 0.3 is 0 Å². The Balaban J connectivity index is 1.72. The lowest BCUT2D eigenvalue weighted by molar-refractivity contribution is 0.162. The van der Waals surface area contributed by atoms with Crippen LogP contribution < -0.4 is 5.32 Å². The van der Waals surface area contributed by atoms with Crippen LogP contribution in [0.2, 0.25) is 0 Å². The first-order chi connectivity index (χ1) is 7.86. The topological polar surface area (TPSA) is 12.0 Å². The van der Waals surface area contributed by atoms with Crippen molar-refractivity contribution in [3.05, 3.63) is 0 Å². The van der Waals surface area contributed by atoms with Gasteiger partial charge < -0.3 is 5.32 Å². The van der Waals surface area contributed by atoms with Crippen LogP contribution in [0.5, 0.6) is 0 Å². The summed E-state index contributed by atoms with van der Waals surface area (Å²) in [6.45, 7) is 9.69. The predicted octanol–water partition coefficient (Wildman–Crippen LogP) is 4.51. The molecule has 0 atom stereocenters. The molecule has 0 heterocycles. The summed E-state index contributed by atoms with van der Waals surface area (Å²) < 4.78 is 0. The molecule has 0 bridgehead atoms. The van der Waals surface area contributed by atoms with Crippen LogP contribution in [0.25, 0.3) is 0 Å². The Bertz CT molecular complexity index is 208. The van der Waals surface area contributed by atoms with Crippen LogP contribution in [0.3, 0.4) is 0 Å². The molecular weight excluding hydrogens is 206 g/mol. The molecule has 0 spiro atoms. The van der Waals surface area contributed by atoms with Crippen LogP contribution in [0.1, 0.15) is 79.1 Å². The van der Waals surface area contributed by atoms with E-state index in [4.69, 9.17) is 0 Å². The number of hydrogen-bond donors (Lipinski definition) is 1. The third-order valence-corrected chi connectivity index (χ3v) is 5.15. The van der Waals surface area contributed by atoms with Crippen LogP contribution in [0.4, 0.5) is 0 Å². The van der Waals surface area contributed by atoms with E-state index < -0.39 is 0 Å². The van der Waals surface area contributed by atoms with Gasteiger partial charge in [0.05, 0.1) is 0 Å². The van der Waals surface area contributed by atoms with E-state index in [1.807, 2.05) is 0 Å². The largest absolute Gasteiger partial charge is 0.311 e. The minimum Gasteiger partial charge on any atom is -0.311 e. The molecule has 17 heavy (non-hydrogen) atoms. The Morgan fingerprint density at radius 3 is 1.24 bits per heavy atom. The fraction of sp³-hybridized carbons (Fsp3) is 1.00. The van der Waals surface area contributed by atoms with Crippen molar-refractivity contribution in [3.8, 4) is 0 Å². The van der Waals surface area contributed by atoms with E-state index in [1.165, 1.54) is 51.4 Å². The fourth-order valence-electron chi connectivity index (χ4n) is 3.47. The fourth-order valence-corrected chi connectivity index (χ4v) is 3.47. The maximum absolute atomic E-state index is 3.93. The van der Waals surface area contributed by atoms with E-state index >= 15 is 0 Å². The molecule has 2 saturated carbocycles. The molecule has 0 radical (unpaired) electrons.